The van der Waals surface area contributed by atoms with Crippen LogP contribution in [0.2, 0.25) is 0 Å². The van der Waals surface area contributed by atoms with Crippen molar-refractivity contribution >= 4 is 30.6 Å². The van der Waals surface area contributed by atoms with Crippen molar-refractivity contribution in [3.8, 4) is 0 Å². The first kappa shape index (κ1) is 10.5. The van der Waals surface area contributed by atoms with Crippen molar-refractivity contribution < 1.29 is 9.53 Å². The summed E-state index contributed by atoms with van der Waals surface area (Å²) in [5, 5.41) is 3.98. The van der Waals surface area contributed by atoms with Gasteiger partial charge in [-0.3, -0.25) is 0 Å². The Morgan fingerprint density at radius 2 is 2.31 bits per heavy atom. The first-order valence-electron chi connectivity index (χ1n) is 4.53. The van der Waals surface area contributed by atoms with Crippen LogP contribution in [0.4, 0.5) is 5.82 Å². The molecule has 0 spiro atoms. The van der Waals surface area contributed by atoms with Crippen molar-refractivity contribution in [2.45, 2.75) is 6.92 Å². The second-order valence-corrected chi connectivity index (χ2v) is 3.27. The average molecular weight is 216 g/mol. The minimum atomic E-state index is -0.551. The number of aromatic nitrogens is 3. The molecule has 2 rings (SSSR count). The first-order chi connectivity index (χ1) is 7.57. The summed E-state index contributed by atoms with van der Waals surface area (Å²) in [5.41, 5.74) is 7.22. The number of anilines is 1. The van der Waals surface area contributed by atoms with Crippen LogP contribution in [0.25, 0.3) is 5.52 Å². The van der Waals surface area contributed by atoms with Crippen LogP contribution in [0.5, 0.6) is 0 Å². The Morgan fingerprint density at radius 3 is 2.94 bits per heavy atom. The third-order valence-electron chi connectivity index (χ3n) is 2.42. The van der Waals surface area contributed by atoms with E-state index in [1.807, 2.05) is 0 Å². The smallest absolute Gasteiger partial charge is 0.339 e. The number of nitrogens with zero attached hydrogens (tertiary/aromatic N) is 3. The van der Waals surface area contributed by atoms with Gasteiger partial charge in [-0.1, -0.05) is 5.46 Å². The summed E-state index contributed by atoms with van der Waals surface area (Å²) in [4.78, 5) is 15.4. The van der Waals surface area contributed by atoms with Gasteiger partial charge in [-0.05, 0) is 6.92 Å². The summed E-state index contributed by atoms with van der Waals surface area (Å²) < 4.78 is 6.13. The summed E-state index contributed by atoms with van der Waals surface area (Å²) in [6.07, 6.45) is 1.30. The molecular formula is C9H9BN4O2. The van der Waals surface area contributed by atoms with Crippen molar-refractivity contribution in [2.75, 3.05) is 12.8 Å². The molecule has 0 unspecified atom stereocenters. The molecule has 0 amide bonds. The van der Waals surface area contributed by atoms with E-state index < -0.39 is 5.97 Å². The maximum Gasteiger partial charge on any atom is 0.339 e. The lowest BCUT2D eigenvalue weighted by Gasteiger charge is -2.01. The molecule has 80 valence electrons. The van der Waals surface area contributed by atoms with Crippen LogP contribution >= 0.6 is 0 Å². The lowest BCUT2D eigenvalue weighted by Crippen LogP contribution is -2.16. The van der Waals surface area contributed by atoms with E-state index in [0.29, 0.717) is 16.7 Å². The van der Waals surface area contributed by atoms with Gasteiger partial charge in [0.05, 0.1) is 12.7 Å². The second-order valence-electron chi connectivity index (χ2n) is 3.27. The third-order valence-corrected chi connectivity index (χ3v) is 2.42. The lowest BCUT2D eigenvalue weighted by molar-refractivity contribution is 0.0604. The van der Waals surface area contributed by atoms with E-state index in [4.69, 9.17) is 13.6 Å². The summed E-state index contributed by atoms with van der Waals surface area (Å²) in [5.74, 6) is -0.361. The van der Waals surface area contributed by atoms with E-state index in [1.54, 1.807) is 6.92 Å². The topological polar surface area (TPSA) is 82.5 Å². The standard InChI is InChI=1S/C9H9BN4O2/c1-4-6(10)5(9(15)16-2)7-8(11)12-3-13-14(4)7/h3H,1-2H3,(H2,11,12,13). The van der Waals surface area contributed by atoms with Crippen molar-refractivity contribution in [2.24, 2.45) is 0 Å². The number of nitrogen functional groups attached to an aromatic ring is 1. The van der Waals surface area contributed by atoms with Gasteiger partial charge in [-0.25, -0.2) is 14.3 Å². The van der Waals surface area contributed by atoms with Gasteiger partial charge in [0.1, 0.15) is 19.7 Å². The minimum Gasteiger partial charge on any atom is -0.465 e. The SMILES string of the molecule is [B]c1c(C(=O)OC)c2c(N)ncnn2c1C. The lowest BCUT2D eigenvalue weighted by atomic mass is 9.91. The largest absolute Gasteiger partial charge is 0.465 e. The van der Waals surface area contributed by atoms with E-state index in [0.717, 1.165) is 0 Å². The Bertz CT molecular complexity index is 578. The quantitative estimate of drug-likeness (QED) is 0.498. The Labute approximate surface area is 92.8 Å². The van der Waals surface area contributed by atoms with Crippen LogP contribution in [-0.2, 0) is 4.74 Å². The minimum absolute atomic E-state index is 0.190. The third kappa shape index (κ3) is 1.24. The van der Waals surface area contributed by atoms with Gasteiger partial charge in [0.25, 0.3) is 0 Å². The summed E-state index contributed by atoms with van der Waals surface area (Å²) in [6.45, 7) is 1.74. The first-order valence-corrected chi connectivity index (χ1v) is 4.53. The van der Waals surface area contributed by atoms with Crippen LogP contribution in [0.1, 0.15) is 16.1 Å². The van der Waals surface area contributed by atoms with E-state index in [1.165, 1.54) is 18.0 Å². The van der Waals surface area contributed by atoms with E-state index in [-0.39, 0.29) is 11.4 Å². The Balaban J connectivity index is 2.92. The molecule has 6 nitrogen and oxygen atoms in total. The number of fused-ring (bicyclic) bond motifs is 1. The van der Waals surface area contributed by atoms with Gasteiger partial charge in [0.2, 0.25) is 0 Å². The molecule has 2 radical (unpaired) electrons. The number of hydrogen-bond donors (Lipinski definition) is 1. The van der Waals surface area contributed by atoms with Crippen LogP contribution in [0.3, 0.4) is 0 Å². The molecule has 2 aromatic rings. The zero-order valence-electron chi connectivity index (χ0n) is 8.89. The number of hydrogen-bond acceptors (Lipinski definition) is 5. The molecule has 2 heterocycles. The zero-order chi connectivity index (χ0) is 11.9. The molecule has 16 heavy (non-hydrogen) atoms. The number of ether oxygens (including phenoxy) is 1. The predicted molar refractivity (Wildman–Crippen MR) is 58.9 cm³/mol. The molecule has 7 heteroatoms. The Hall–Kier alpha value is -2.05. The molecule has 0 bridgehead atoms. The average Bonchev–Trinajstić information content (AvgIpc) is 2.54. The summed E-state index contributed by atoms with van der Waals surface area (Å²) in [6, 6.07) is 0. The number of carbonyl (C=O) groups excluding carboxylic acids is 1. The van der Waals surface area contributed by atoms with Gasteiger partial charge in [-0.2, -0.15) is 5.10 Å². The zero-order valence-corrected chi connectivity index (χ0v) is 8.89. The molecular weight excluding hydrogens is 207 g/mol. The van der Waals surface area contributed by atoms with Crippen LogP contribution in [0, 0.1) is 6.92 Å². The monoisotopic (exact) mass is 216 g/mol. The molecule has 0 aromatic carbocycles. The van der Waals surface area contributed by atoms with Crippen LogP contribution in [-0.4, -0.2) is 35.5 Å². The summed E-state index contributed by atoms with van der Waals surface area (Å²) in [7, 11) is 7.09. The number of aryl methyl sites for hydroxylation is 1. The van der Waals surface area contributed by atoms with Crippen molar-refractivity contribution in [3.05, 3.63) is 17.6 Å². The van der Waals surface area contributed by atoms with E-state index in [2.05, 4.69) is 14.8 Å². The highest BCUT2D eigenvalue weighted by atomic mass is 16.5. The maximum atomic E-state index is 11.6. The Morgan fingerprint density at radius 1 is 1.62 bits per heavy atom. The molecule has 0 fully saturated rings. The summed E-state index contributed by atoms with van der Waals surface area (Å²) >= 11 is 0. The van der Waals surface area contributed by atoms with Gasteiger partial charge < -0.3 is 10.5 Å². The van der Waals surface area contributed by atoms with Gasteiger partial charge in [0.15, 0.2) is 5.82 Å². The number of nitrogens with two attached hydrogens (primary N) is 1. The predicted octanol–water partition coefficient (Wildman–Crippen LogP) is -0.800. The fourth-order valence-electron chi connectivity index (χ4n) is 1.59. The highest BCUT2D eigenvalue weighted by Crippen LogP contribution is 2.17. The molecule has 0 aliphatic heterocycles. The van der Waals surface area contributed by atoms with Crippen LogP contribution in [0.15, 0.2) is 6.33 Å². The number of carbonyl (C=O) groups is 1. The highest BCUT2D eigenvalue weighted by molar-refractivity contribution is 6.39. The number of esters is 1. The highest BCUT2D eigenvalue weighted by Gasteiger charge is 2.21. The van der Waals surface area contributed by atoms with Crippen molar-refractivity contribution in [3.63, 3.8) is 0 Å². The molecule has 0 saturated heterocycles. The van der Waals surface area contributed by atoms with Gasteiger partial charge in [0, 0.05) is 5.69 Å². The maximum absolute atomic E-state index is 11.6. The Kier molecular flexibility index (Phi) is 2.30. The normalized spacial score (nSPS) is 10.6. The van der Waals surface area contributed by atoms with E-state index in [9.17, 15) is 4.79 Å². The van der Waals surface area contributed by atoms with Gasteiger partial charge in [-0.15, -0.1) is 0 Å². The number of methoxy groups -OCH3 is 1. The van der Waals surface area contributed by atoms with Gasteiger partial charge >= 0.3 is 5.97 Å². The number of rotatable bonds is 1. The fourth-order valence-corrected chi connectivity index (χ4v) is 1.59. The molecule has 0 aliphatic rings. The molecule has 0 aliphatic carbocycles. The molecule has 0 atom stereocenters. The van der Waals surface area contributed by atoms with E-state index >= 15 is 0 Å². The van der Waals surface area contributed by atoms with Crippen molar-refractivity contribution in [1.29, 1.82) is 0 Å². The molecule has 2 aromatic heterocycles. The molecule has 2 N–H and O–H groups in total. The van der Waals surface area contributed by atoms with Crippen molar-refractivity contribution in [1.82, 2.24) is 14.6 Å². The molecule has 0 saturated carbocycles. The fraction of sp³-hybridized carbons (Fsp3) is 0.222. The second kappa shape index (κ2) is 3.51. The van der Waals surface area contributed by atoms with Crippen LogP contribution < -0.4 is 11.2 Å².